The summed E-state index contributed by atoms with van der Waals surface area (Å²) < 4.78 is 32.9. The smallest absolute Gasteiger partial charge is 0.295 e. The van der Waals surface area contributed by atoms with Gasteiger partial charge < -0.3 is 9.73 Å². The average Bonchev–Trinajstić information content (AvgIpc) is 2.86. The number of rotatable bonds is 5. The molecule has 0 atom stereocenters. The van der Waals surface area contributed by atoms with Gasteiger partial charge in [0.2, 0.25) is 5.09 Å². The van der Waals surface area contributed by atoms with Gasteiger partial charge in [-0.1, -0.05) is 11.6 Å². The SMILES string of the molecule is CNCc1ccc(S(=O)(=O)Nc2cc(Cl)c(C)cc2Br)o1. The summed E-state index contributed by atoms with van der Waals surface area (Å²) in [5.74, 6) is 0.541. The molecular formula is C13H14BrClN2O3S. The first-order chi connectivity index (χ1) is 9.83. The number of nitrogens with one attached hydrogen (secondary N) is 2. The molecule has 5 nitrogen and oxygen atoms in total. The van der Waals surface area contributed by atoms with E-state index in [1.807, 2.05) is 6.92 Å². The lowest BCUT2D eigenvalue weighted by molar-refractivity contribution is 0.408. The summed E-state index contributed by atoms with van der Waals surface area (Å²) in [5.41, 5.74) is 1.21. The highest BCUT2D eigenvalue weighted by Crippen LogP contribution is 2.31. The molecule has 0 bridgehead atoms. The van der Waals surface area contributed by atoms with Crippen molar-refractivity contribution in [1.29, 1.82) is 0 Å². The van der Waals surface area contributed by atoms with Crippen LogP contribution in [0.15, 0.2) is 38.2 Å². The number of benzene rings is 1. The molecule has 0 amide bonds. The summed E-state index contributed by atoms with van der Waals surface area (Å²) in [4.78, 5) is 0. The Morgan fingerprint density at radius 3 is 2.71 bits per heavy atom. The Balaban J connectivity index is 2.30. The first kappa shape index (κ1) is 16.4. The summed E-state index contributed by atoms with van der Waals surface area (Å²) >= 11 is 9.33. The maximum Gasteiger partial charge on any atom is 0.295 e. The summed E-state index contributed by atoms with van der Waals surface area (Å²) in [7, 11) is -2.05. The Morgan fingerprint density at radius 2 is 2.05 bits per heavy atom. The predicted octanol–water partition coefficient (Wildman–Crippen LogP) is 3.52. The highest BCUT2D eigenvalue weighted by molar-refractivity contribution is 9.10. The lowest BCUT2D eigenvalue weighted by Crippen LogP contribution is -2.12. The van der Waals surface area contributed by atoms with Gasteiger partial charge >= 0.3 is 0 Å². The van der Waals surface area contributed by atoms with Crippen LogP contribution >= 0.6 is 27.5 Å². The maximum absolute atomic E-state index is 12.3. The third kappa shape index (κ3) is 3.79. The van der Waals surface area contributed by atoms with Crippen molar-refractivity contribution in [2.24, 2.45) is 0 Å². The van der Waals surface area contributed by atoms with Crippen molar-refractivity contribution in [3.63, 3.8) is 0 Å². The topological polar surface area (TPSA) is 71.3 Å². The Labute approximate surface area is 136 Å². The highest BCUT2D eigenvalue weighted by atomic mass is 79.9. The molecule has 0 fully saturated rings. The van der Waals surface area contributed by atoms with E-state index in [-0.39, 0.29) is 5.09 Å². The van der Waals surface area contributed by atoms with Gasteiger partial charge in [0.05, 0.1) is 12.2 Å². The van der Waals surface area contributed by atoms with Crippen LogP contribution in [-0.4, -0.2) is 15.5 Å². The minimum absolute atomic E-state index is 0.142. The minimum Gasteiger partial charge on any atom is -0.446 e. The zero-order valence-corrected chi connectivity index (χ0v) is 14.6. The molecule has 0 aliphatic carbocycles. The fraction of sp³-hybridized carbons (Fsp3) is 0.231. The van der Waals surface area contributed by atoms with Crippen molar-refractivity contribution in [2.75, 3.05) is 11.8 Å². The number of furan rings is 1. The first-order valence-electron chi connectivity index (χ1n) is 6.05. The second-order valence-corrected chi connectivity index (χ2v) is 7.31. The fourth-order valence-electron chi connectivity index (χ4n) is 1.69. The van der Waals surface area contributed by atoms with Gasteiger partial charge in [0.25, 0.3) is 10.0 Å². The van der Waals surface area contributed by atoms with E-state index in [4.69, 9.17) is 16.0 Å². The van der Waals surface area contributed by atoms with E-state index in [2.05, 4.69) is 26.0 Å². The van der Waals surface area contributed by atoms with Crippen molar-refractivity contribution in [1.82, 2.24) is 5.32 Å². The molecule has 1 heterocycles. The second kappa shape index (κ2) is 6.39. The largest absolute Gasteiger partial charge is 0.446 e. The molecule has 0 radical (unpaired) electrons. The molecule has 2 aromatic rings. The van der Waals surface area contributed by atoms with Gasteiger partial charge in [0.1, 0.15) is 5.76 Å². The van der Waals surface area contributed by atoms with Crippen LogP contribution in [0.5, 0.6) is 0 Å². The van der Waals surface area contributed by atoms with Crippen LogP contribution in [0, 0.1) is 6.92 Å². The number of aryl methyl sites for hydroxylation is 1. The van der Waals surface area contributed by atoms with Crippen LogP contribution in [-0.2, 0) is 16.6 Å². The van der Waals surface area contributed by atoms with E-state index in [0.717, 1.165) is 5.56 Å². The summed E-state index contributed by atoms with van der Waals surface area (Å²) in [6.07, 6.45) is 0. The van der Waals surface area contributed by atoms with Crippen molar-refractivity contribution in [2.45, 2.75) is 18.6 Å². The second-order valence-electron chi connectivity index (χ2n) is 4.44. The third-order valence-corrected chi connectivity index (χ3v) is 5.05. The number of anilines is 1. The van der Waals surface area contributed by atoms with Gasteiger partial charge in [-0.15, -0.1) is 0 Å². The van der Waals surface area contributed by atoms with E-state index >= 15 is 0 Å². The van der Waals surface area contributed by atoms with E-state index in [1.165, 1.54) is 6.07 Å². The lowest BCUT2D eigenvalue weighted by Gasteiger charge is -2.10. The molecule has 0 aliphatic rings. The van der Waals surface area contributed by atoms with Gasteiger partial charge in [0.15, 0.2) is 0 Å². The zero-order valence-electron chi connectivity index (χ0n) is 11.4. The summed E-state index contributed by atoms with van der Waals surface area (Å²) in [6, 6.07) is 6.33. The number of sulfonamides is 1. The van der Waals surface area contributed by atoms with Crippen LogP contribution in [0.25, 0.3) is 0 Å². The molecule has 114 valence electrons. The third-order valence-electron chi connectivity index (χ3n) is 2.75. The van der Waals surface area contributed by atoms with Gasteiger partial charge in [0, 0.05) is 9.50 Å². The van der Waals surface area contributed by atoms with Crippen LogP contribution in [0.4, 0.5) is 5.69 Å². The molecule has 1 aromatic heterocycles. The van der Waals surface area contributed by atoms with E-state index in [9.17, 15) is 8.42 Å². The molecule has 21 heavy (non-hydrogen) atoms. The van der Waals surface area contributed by atoms with E-state index < -0.39 is 10.0 Å². The minimum atomic E-state index is -3.80. The Morgan fingerprint density at radius 1 is 1.33 bits per heavy atom. The monoisotopic (exact) mass is 392 g/mol. The molecule has 2 N–H and O–H groups in total. The summed E-state index contributed by atoms with van der Waals surface area (Å²) in [6.45, 7) is 2.29. The zero-order chi connectivity index (χ0) is 15.6. The predicted molar refractivity (Wildman–Crippen MR) is 86.2 cm³/mol. The average molecular weight is 394 g/mol. The van der Waals surface area contributed by atoms with Crippen LogP contribution < -0.4 is 10.0 Å². The van der Waals surface area contributed by atoms with Crippen molar-refractivity contribution in [3.05, 3.63) is 45.1 Å². The highest BCUT2D eigenvalue weighted by Gasteiger charge is 2.20. The van der Waals surface area contributed by atoms with Crippen molar-refractivity contribution in [3.8, 4) is 0 Å². The van der Waals surface area contributed by atoms with Crippen molar-refractivity contribution >= 4 is 43.2 Å². The van der Waals surface area contributed by atoms with Gasteiger partial charge in [-0.2, -0.15) is 8.42 Å². The van der Waals surface area contributed by atoms with Gasteiger partial charge in [-0.25, -0.2) is 0 Å². The molecule has 0 saturated heterocycles. The molecule has 0 aliphatic heterocycles. The van der Waals surface area contributed by atoms with Gasteiger partial charge in [-0.05, 0) is 59.7 Å². The first-order valence-corrected chi connectivity index (χ1v) is 8.70. The Kier molecular flexibility index (Phi) is 4.98. The van der Waals surface area contributed by atoms with Crippen LogP contribution in [0.3, 0.4) is 0 Å². The van der Waals surface area contributed by atoms with Crippen LogP contribution in [0.2, 0.25) is 5.02 Å². The molecule has 0 saturated carbocycles. The van der Waals surface area contributed by atoms with Crippen LogP contribution in [0.1, 0.15) is 11.3 Å². The van der Waals surface area contributed by atoms with E-state index in [1.54, 1.807) is 25.2 Å². The molecule has 1 aromatic carbocycles. The maximum atomic E-state index is 12.3. The van der Waals surface area contributed by atoms with Crippen molar-refractivity contribution < 1.29 is 12.8 Å². The Bertz CT molecular complexity index is 759. The number of hydrogen-bond donors (Lipinski definition) is 2. The van der Waals surface area contributed by atoms with Gasteiger partial charge in [-0.3, -0.25) is 4.72 Å². The normalized spacial score (nSPS) is 11.6. The molecule has 0 unspecified atom stereocenters. The number of hydrogen-bond acceptors (Lipinski definition) is 4. The molecule has 2 rings (SSSR count). The standard InChI is InChI=1S/C13H14BrClN2O3S/c1-8-5-10(14)12(6-11(8)15)17-21(18,19)13-4-3-9(20-13)7-16-2/h3-6,16-17H,7H2,1-2H3. The molecular weight excluding hydrogens is 380 g/mol. The summed E-state index contributed by atoms with van der Waals surface area (Å²) in [5, 5.41) is 3.22. The lowest BCUT2D eigenvalue weighted by atomic mass is 10.2. The number of halogens is 2. The molecule has 8 heteroatoms. The quantitative estimate of drug-likeness (QED) is 0.815. The Hall–Kier alpha value is -1.02. The fourth-order valence-corrected chi connectivity index (χ4v) is 3.57. The van der Waals surface area contributed by atoms with E-state index in [0.29, 0.717) is 27.5 Å². The molecule has 0 spiro atoms.